The second-order valence-electron chi connectivity index (χ2n) is 8.41. The second-order valence-corrected chi connectivity index (χ2v) is 9.19. The largest absolute Gasteiger partial charge is 0.460 e. The summed E-state index contributed by atoms with van der Waals surface area (Å²) in [4.78, 5) is 26.3. The number of ether oxygens (including phenoxy) is 2. The molecule has 1 aromatic rings. The molecule has 0 spiro atoms. The molecule has 0 fully saturated rings. The number of esters is 1. The van der Waals surface area contributed by atoms with Gasteiger partial charge in [0, 0.05) is 35.9 Å². The Morgan fingerprint density at radius 2 is 1.97 bits per heavy atom. The van der Waals surface area contributed by atoms with E-state index in [0.29, 0.717) is 58.5 Å². The number of ketones is 1. The van der Waals surface area contributed by atoms with Crippen LogP contribution in [0.5, 0.6) is 0 Å². The van der Waals surface area contributed by atoms with E-state index in [1.54, 1.807) is 12.1 Å². The summed E-state index contributed by atoms with van der Waals surface area (Å²) in [5.41, 5.74) is 2.90. The van der Waals surface area contributed by atoms with E-state index in [1.807, 2.05) is 19.9 Å². The van der Waals surface area contributed by atoms with E-state index in [9.17, 15) is 9.59 Å². The van der Waals surface area contributed by atoms with Crippen molar-refractivity contribution in [3.05, 3.63) is 56.3 Å². The Bertz CT molecular complexity index is 933. The number of Topliss-reactive ketones (excluding diaryl/α,β-unsaturated/α-hetero) is 1. The molecule has 162 valence electrons. The first kappa shape index (κ1) is 22.9. The van der Waals surface area contributed by atoms with Gasteiger partial charge >= 0.3 is 5.97 Å². The van der Waals surface area contributed by atoms with Crippen molar-refractivity contribution in [3.63, 3.8) is 0 Å². The topological polar surface area (TPSA) is 64.6 Å². The zero-order valence-corrected chi connectivity index (χ0v) is 19.2. The monoisotopic (exact) mass is 451 g/mol. The SMILES string of the molecule is CCOCCOC(=O)C1=C(C)NC2=C(C(=O)CC(C)(C)C2)[C@@H]1c1cccc(Cl)c1Cl. The van der Waals surface area contributed by atoms with Crippen LogP contribution in [0.1, 0.15) is 52.0 Å². The minimum atomic E-state index is -0.629. The number of nitrogens with one attached hydrogen (secondary N) is 1. The normalized spacial score (nSPS) is 20.7. The minimum Gasteiger partial charge on any atom is -0.460 e. The number of benzene rings is 1. The predicted molar refractivity (Wildman–Crippen MR) is 118 cm³/mol. The molecule has 0 bridgehead atoms. The summed E-state index contributed by atoms with van der Waals surface area (Å²) < 4.78 is 10.7. The summed E-state index contributed by atoms with van der Waals surface area (Å²) in [6, 6.07) is 5.27. The summed E-state index contributed by atoms with van der Waals surface area (Å²) in [5.74, 6) is -1.12. The summed E-state index contributed by atoms with van der Waals surface area (Å²) in [5, 5.41) is 4.01. The van der Waals surface area contributed by atoms with Crippen molar-refractivity contribution in [3.8, 4) is 0 Å². The van der Waals surface area contributed by atoms with Crippen LogP contribution in [0.4, 0.5) is 0 Å². The van der Waals surface area contributed by atoms with Crippen LogP contribution in [0.25, 0.3) is 0 Å². The van der Waals surface area contributed by atoms with Crippen LogP contribution in [-0.2, 0) is 19.1 Å². The first-order chi connectivity index (χ1) is 14.2. The lowest BCUT2D eigenvalue weighted by Gasteiger charge is -2.39. The van der Waals surface area contributed by atoms with Crippen LogP contribution < -0.4 is 5.32 Å². The maximum Gasteiger partial charge on any atom is 0.336 e. The van der Waals surface area contributed by atoms with E-state index in [-0.39, 0.29) is 17.8 Å². The molecule has 0 aromatic heterocycles. The van der Waals surface area contributed by atoms with Crippen LogP contribution in [0.3, 0.4) is 0 Å². The summed E-state index contributed by atoms with van der Waals surface area (Å²) in [7, 11) is 0. The Hall–Kier alpha value is -1.82. The summed E-state index contributed by atoms with van der Waals surface area (Å²) in [6.45, 7) is 8.81. The van der Waals surface area contributed by atoms with Crippen molar-refractivity contribution in [2.45, 2.75) is 46.5 Å². The van der Waals surface area contributed by atoms with E-state index >= 15 is 0 Å². The number of rotatable bonds is 6. The highest BCUT2D eigenvalue weighted by atomic mass is 35.5. The van der Waals surface area contributed by atoms with Gasteiger partial charge in [-0.3, -0.25) is 4.79 Å². The smallest absolute Gasteiger partial charge is 0.336 e. The van der Waals surface area contributed by atoms with E-state index < -0.39 is 11.9 Å². The molecule has 1 aliphatic heterocycles. The lowest BCUT2D eigenvalue weighted by atomic mass is 9.68. The highest BCUT2D eigenvalue weighted by Crippen LogP contribution is 2.48. The van der Waals surface area contributed by atoms with Crippen LogP contribution in [0.15, 0.2) is 40.7 Å². The third-order valence-corrected chi connectivity index (χ3v) is 6.25. The summed E-state index contributed by atoms with van der Waals surface area (Å²) >= 11 is 12.8. The fourth-order valence-electron chi connectivity index (χ4n) is 4.18. The Kier molecular flexibility index (Phi) is 6.95. The van der Waals surface area contributed by atoms with Crippen LogP contribution in [-0.4, -0.2) is 31.6 Å². The van der Waals surface area contributed by atoms with Gasteiger partial charge in [-0.1, -0.05) is 49.2 Å². The quantitative estimate of drug-likeness (QED) is 0.476. The molecule has 1 N–H and O–H groups in total. The van der Waals surface area contributed by atoms with Crippen molar-refractivity contribution in [1.82, 2.24) is 5.32 Å². The van der Waals surface area contributed by atoms with Crippen molar-refractivity contribution < 1.29 is 19.1 Å². The number of hydrogen-bond donors (Lipinski definition) is 1. The van der Waals surface area contributed by atoms with E-state index in [1.165, 1.54) is 0 Å². The first-order valence-electron chi connectivity index (χ1n) is 10.1. The molecule has 0 saturated carbocycles. The van der Waals surface area contributed by atoms with Gasteiger partial charge < -0.3 is 14.8 Å². The Balaban J connectivity index is 2.08. The van der Waals surface area contributed by atoms with Crippen LogP contribution in [0, 0.1) is 5.41 Å². The molecule has 1 heterocycles. The van der Waals surface area contributed by atoms with Gasteiger partial charge in [0.2, 0.25) is 0 Å². The van der Waals surface area contributed by atoms with Gasteiger partial charge in [-0.2, -0.15) is 0 Å². The number of carbonyl (C=O) groups excluding carboxylic acids is 2. The zero-order valence-electron chi connectivity index (χ0n) is 17.7. The van der Waals surface area contributed by atoms with E-state index in [0.717, 1.165) is 5.70 Å². The zero-order chi connectivity index (χ0) is 22.1. The van der Waals surface area contributed by atoms with Crippen molar-refractivity contribution in [2.24, 2.45) is 5.41 Å². The third kappa shape index (κ3) is 4.58. The molecule has 0 radical (unpaired) electrons. The van der Waals surface area contributed by atoms with Gasteiger partial charge in [0.25, 0.3) is 0 Å². The molecule has 3 rings (SSSR count). The van der Waals surface area contributed by atoms with Crippen molar-refractivity contribution >= 4 is 35.0 Å². The molecular weight excluding hydrogens is 425 g/mol. The van der Waals surface area contributed by atoms with E-state index in [4.69, 9.17) is 32.7 Å². The molecule has 7 heteroatoms. The molecule has 0 amide bonds. The van der Waals surface area contributed by atoms with Crippen molar-refractivity contribution in [2.75, 3.05) is 19.8 Å². The third-order valence-electron chi connectivity index (χ3n) is 5.42. The highest BCUT2D eigenvalue weighted by Gasteiger charge is 2.43. The maximum atomic E-state index is 13.2. The first-order valence-corrected chi connectivity index (χ1v) is 10.8. The van der Waals surface area contributed by atoms with Gasteiger partial charge in [0.15, 0.2) is 5.78 Å². The molecule has 5 nitrogen and oxygen atoms in total. The highest BCUT2D eigenvalue weighted by molar-refractivity contribution is 6.42. The molecule has 30 heavy (non-hydrogen) atoms. The molecular formula is C23H27Cl2NO4. The molecule has 1 atom stereocenters. The van der Waals surface area contributed by atoms with Gasteiger partial charge in [0.05, 0.1) is 22.2 Å². The molecule has 1 aliphatic carbocycles. The molecule has 2 aliphatic rings. The van der Waals surface area contributed by atoms with Crippen LogP contribution >= 0.6 is 23.2 Å². The number of dihydropyridines is 1. The lowest BCUT2D eigenvalue weighted by Crippen LogP contribution is -2.38. The Morgan fingerprint density at radius 1 is 1.23 bits per heavy atom. The second kappa shape index (κ2) is 9.13. The average Bonchev–Trinajstić information content (AvgIpc) is 2.65. The lowest BCUT2D eigenvalue weighted by molar-refractivity contribution is -0.140. The minimum absolute atomic E-state index is 0.00177. The van der Waals surface area contributed by atoms with Gasteiger partial charge in [-0.05, 0) is 37.3 Å². The number of halogens is 2. The van der Waals surface area contributed by atoms with Gasteiger partial charge in [-0.25, -0.2) is 4.79 Å². The summed E-state index contributed by atoms with van der Waals surface area (Å²) in [6.07, 6.45) is 1.10. The van der Waals surface area contributed by atoms with Gasteiger partial charge in [0.1, 0.15) is 6.61 Å². The Labute approximate surface area is 187 Å². The van der Waals surface area contributed by atoms with E-state index in [2.05, 4.69) is 19.2 Å². The maximum absolute atomic E-state index is 13.2. The standard InChI is InChI=1S/C23H27Cl2NO4/c1-5-29-9-10-30-22(28)18-13(2)26-16-11-23(3,4)12-17(27)20(16)19(18)14-7-6-8-15(24)21(14)25/h6-8,19,26H,5,9-12H2,1-4H3/t19-/m1/s1. The van der Waals surface area contributed by atoms with Crippen molar-refractivity contribution in [1.29, 1.82) is 0 Å². The molecule has 1 aromatic carbocycles. The fraction of sp³-hybridized carbons (Fsp3) is 0.478. The average molecular weight is 452 g/mol. The predicted octanol–water partition coefficient (Wildman–Crippen LogP) is 5.18. The number of carbonyl (C=O) groups is 2. The Morgan fingerprint density at radius 3 is 2.67 bits per heavy atom. The number of hydrogen-bond acceptors (Lipinski definition) is 5. The van der Waals surface area contributed by atoms with Crippen LogP contribution in [0.2, 0.25) is 10.0 Å². The molecule has 0 saturated heterocycles. The fourth-order valence-corrected chi connectivity index (χ4v) is 4.59. The number of allylic oxidation sites excluding steroid dienone is 3. The molecule has 0 unspecified atom stereocenters. The van der Waals surface area contributed by atoms with Gasteiger partial charge in [-0.15, -0.1) is 0 Å².